The summed E-state index contributed by atoms with van der Waals surface area (Å²) in [5.74, 6) is 0.771. The molecule has 0 unspecified atom stereocenters. The fourth-order valence-corrected chi connectivity index (χ4v) is 1.29. The van der Waals surface area contributed by atoms with E-state index in [-0.39, 0.29) is 5.97 Å². The number of rotatable bonds is 4. The molecule has 98 valence electrons. The maximum atomic E-state index is 11.6. The summed E-state index contributed by atoms with van der Waals surface area (Å²) in [5, 5.41) is 3.24. The van der Waals surface area contributed by atoms with Crippen LogP contribution in [0.15, 0.2) is 24.3 Å². The van der Waals surface area contributed by atoms with Crippen molar-refractivity contribution in [1.82, 2.24) is 0 Å². The first-order chi connectivity index (χ1) is 8.54. The van der Waals surface area contributed by atoms with Crippen molar-refractivity contribution < 1.29 is 14.1 Å². The van der Waals surface area contributed by atoms with Crippen molar-refractivity contribution in [2.24, 2.45) is 0 Å². The summed E-state index contributed by atoms with van der Waals surface area (Å²) in [6.45, 7) is 4.43. The smallest absolute Gasteiger partial charge is 0.338 e. The number of anilines is 1. The Balaban J connectivity index is 2.68. The largest absolute Gasteiger partial charge is 0.462 e. The Hall–Kier alpha value is -1.84. The number of carbonyl (C=O) groups excluding carboxylic acids is 1. The first-order valence-electron chi connectivity index (χ1n) is 6.09. The van der Waals surface area contributed by atoms with E-state index in [2.05, 4.69) is 5.32 Å². The number of benzene rings is 1. The van der Waals surface area contributed by atoms with Gasteiger partial charge >= 0.3 is 5.97 Å². The van der Waals surface area contributed by atoms with Crippen molar-refractivity contribution in [3.8, 4) is 0 Å². The Morgan fingerprint density at radius 3 is 2.39 bits per heavy atom. The quantitative estimate of drug-likeness (QED) is 0.385. The molecule has 1 rings (SSSR count). The second kappa shape index (κ2) is 6.79. The predicted octanol–water partition coefficient (Wildman–Crippen LogP) is 2.36. The molecule has 0 aliphatic carbocycles. The predicted molar refractivity (Wildman–Crippen MR) is 73.4 cm³/mol. The number of hydrogen-bond donors (Lipinski definition) is 1. The zero-order valence-electron chi connectivity index (χ0n) is 11.5. The lowest BCUT2D eigenvalue weighted by Crippen LogP contribution is -2.18. The maximum Gasteiger partial charge on any atom is 0.338 e. The molecule has 1 N–H and O–H groups in total. The Morgan fingerprint density at radius 2 is 1.89 bits per heavy atom. The molecule has 0 radical (unpaired) electrons. The Bertz CT molecular complexity index is 432. The van der Waals surface area contributed by atoms with Gasteiger partial charge in [-0.25, -0.2) is 10.1 Å². The number of esters is 1. The van der Waals surface area contributed by atoms with Crippen LogP contribution in [-0.2, 0) is 4.74 Å². The first kappa shape index (κ1) is 14.2. The highest BCUT2D eigenvalue weighted by Crippen LogP contribution is 2.10. The van der Waals surface area contributed by atoms with Crippen LogP contribution in [0.25, 0.3) is 0 Å². The highest BCUT2D eigenvalue weighted by atomic mass is 16.5. The molecule has 0 atom stereocenters. The molecule has 4 nitrogen and oxygen atoms in total. The van der Waals surface area contributed by atoms with Gasteiger partial charge in [0.2, 0.25) is 5.84 Å². The van der Waals surface area contributed by atoms with Gasteiger partial charge in [0, 0.05) is 6.92 Å². The molecule has 0 saturated carbocycles. The van der Waals surface area contributed by atoms with Crippen molar-refractivity contribution in [3.05, 3.63) is 29.8 Å². The minimum absolute atomic E-state index is 0.267. The molecule has 0 amide bonds. The Labute approximate surface area is 108 Å². The lowest BCUT2D eigenvalue weighted by atomic mass is 10.2. The molecule has 18 heavy (non-hydrogen) atoms. The van der Waals surface area contributed by atoms with Gasteiger partial charge in [-0.3, -0.25) is 4.58 Å². The molecule has 0 spiro atoms. The van der Waals surface area contributed by atoms with Crippen LogP contribution in [0, 0.1) is 0 Å². The Kier molecular flexibility index (Phi) is 5.36. The maximum absolute atomic E-state index is 11.6. The molecular weight excluding hydrogens is 228 g/mol. The number of ether oxygens (including phenoxy) is 1. The van der Waals surface area contributed by atoms with Crippen molar-refractivity contribution in [1.29, 1.82) is 0 Å². The standard InChI is InChI=1S/C14H20N2O2/c1-5-10-18-14(17)12-6-8-13(9-7-12)15-11(2)16(3)4/h6-9H,5,10H2,1-4H3/p+1. The summed E-state index contributed by atoms with van der Waals surface area (Å²) >= 11 is 0. The van der Waals surface area contributed by atoms with Gasteiger partial charge in [-0.05, 0) is 30.7 Å². The van der Waals surface area contributed by atoms with E-state index in [9.17, 15) is 4.79 Å². The summed E-state index contributed by atoms with van der Waals surface area (Å²) < 4.78 is 7.05. The molecule has 0 fully saturated rings. The van der Waals surface area contributed by atoms with Gasteiger partial charge in [-0.15, -0.1) is 0 Å². The average Bonchev–Trinajstić information content (AvgIpc) is 2.36. The van der Waals surface area contributed by atoms with Crippen molar-refractivity contribution in [2.45, 2.75) is 20.3 Å². The average molecular weight is 249 g/mol. The number of nitrogens with zero attached hydrogens (tertiary/aromatic N) is 1. The molecule has 1 aromatic carbocycles. The number of hydrogen-bond acceptors (Lipinski definition) is 2. The van der Waals surface area contributed by atoms with Crippen LogP contribution in [0.3, 0.4) is 0 Å². The summed E-state index contributed by atoms with van der Waals surface area (Å²) in [7, 11) is 3.94. The summed E-state index contributed by atoms with van der Waals surface area (Å²) in [6, 6.07) is 7.28. The minimum atomic E-state index is -0.267. The van der Waals surface area contributed by atoms with Crippen LogP contribution in [0.1, 0.15) is 30.6 Å². The fourth-order valence-electron chi connectivity index (χ4n) is 1.29. The number of amidine groups is 1. The van der Waals surface area contributed by atoms with E-state index < -0.39 is 0 Å². The van der Waals surface area contributed by atoms with Crippen LogP contribution in [0.4, 0.5) is 5.69 Å². The molecule has 4 heteroatoms. The van der Waals surface area contributed by atoms with Crippen LogP contribution in [0.2, 0.25) is 0 Å². The molecule has 0 aliphatic heterocycles. The Morgan fingerprint density at radius 1 is 1.28 bits per heavy atom. The topological polar surface area (TPSA) is 41.3 Å². The second-order valence-electron chi connectivity index (χ2n) is 4.32. The fraction of sp³-hybridized carbons (Fsp3) is 0.429. The van der Waals surface area contributed by atoms with Crippen LogP contribution >= 0.6 is 0 Å². The first-order valence-corrected chi connectivity index (χ1v) is 6.09. The molecule has 0 aliphatic rings. The molecule has 0 saturated heterocycles. The lowest BCUT2D eigenvalue weighted by Gasteiger charge is -2.04. The molecule has 0 bridgehead atoms. The van der Waals surface area contributed by atoms with Crippen LogP contribution in [-0.4, -0.2) is 37.1 Å². The second-order valence-corrected chi connectivity index (χ2v) is 4.32. The highest BCUT2D eigenvalue weighted by Gasteiger charge is 2.08. The summed E-state index contributed by atoms with van der Waals surface area (Å²) in [5.41, 5.74) is 1.53. The van der Waals surface area contributed by atoms with E-state index in [1.807, 2.05) is 44.7 Å². The molecule has 0 heterocycles. The SMILES string of the molecule is CCCOC(=O)c1ccc(NC(C)=[N+](C)C)cc1. The highest BCUT2D eigenvalue weighted by molar-refractivity contribution is 5.92. The zero-order chi connectivity index (χ0) is 13.5. The van der Waals surface area contributed by atoms with Crippen LogP contribution in [0.5, 0.6) is 0 Å². The van der Waals surface area contributed by atoms with Crippen molar-refractivity contribution >= 4 is 17.5 Å². The summed E-state index contributed by atoms with van der Waals surface area (Å²) in [4.78, 5) is 11.6. The molecular formula is C14H21N2O2+. The van der Waals surface area contributed by atoms with Crippen molar-refractivity contribution in [3.63, 3.8) is 0 Å². The van der Waals surface area contributed by atoms with E-state index in [0.717, 1.165) is 17.9 Å². The van der Waals surface area contributed by atoms with Crippen LogP contribution < -0.4 is 5.32 Å². The third kappa shape index (κ3) is 4.20. The van der Waals surface area contributed by atoms with E-state index >= 15 is 0 Å². The van der Waals surface area contributed by atoms with E-state index in [1.54, 1.807) is 12.1 Å². The van der Waals surface area contributed by atoms with Gasteiger partial charge in [0.05, 0.1) is 26.3 Å². The number of nitrogens with one attached hydrogen (secondary N) is 1. The zero-order valence-corrected chi connectivity index (χ0v) is 11.5. The van der Waals surface area contributed by atoms with Gasteiger partial charge in [0.15, 0.2) is 0 Å². The third-order valence-electron chi connectivity index (χ3n) is 2.55. The third-order valence-corrected chi connectivity index (χ3v) is 2.55. The normalized spacial score (nSPS) is 9.78. The van der Waals surface area contributed by atoms with Gasteiger partial charge in [-0.1, -0.05) is 6.92 Å². The molecule has 0 aromatic heterocycles. The van der Waals surface area contributed by atoms with Gasteiger partial charge in [0.1, 0.15) is 5.69 Å². The van der Waals surface area contributed by atoms with Gasteiger partial charge in [0.25, 0.3) is 0 Å². The van der Waals surface area contributed by atoms with E-state index in [0.29, 0.717) is 12.2 Å². The monoisotopic (exact) mass is 249 g/mol. The molecule has 1 aromatic rings. The van der Waals surface area contributed by atoms with Gasteiger partial charge in [-0.2, -0.15) is 0 Å². The summed E-state index contributed by atoms with van der Waals surface area (Å²) in [6.07, 6.45) is 0.836. The van der Waals surface area contributed by atoms with Gasteiger partial charge < -0.3 is 4.74 Å². The lowest BCUT2D eigenvalue weighted by molar-refractivity contribution is -0.464. The van der Waals surface area contributed by atoms with E-state index in [4.69, 9.17) is 4.74 Å². The van der Waals surface area contributed by atoms with Crippen molar-refractivity contribution in [2.75, 3.05) is 26.0 Å². The minimum Gasteiger partial charge on any atom is -0.462 e. The van der Waals surface area contributed by atoms with E-state index in [1.165, 1.54) is 0 Å². The number of carbonyl (C=O) groups is 1.